The lowest BCUT2D eigenvalue weighted by molar-refractivity contribution is 0.322. The number of fused-ring (bicyclic) bond motifs is 1. The van der Waals surface area contributed by atoms with Crippen LogP contribution in [0.25, 0.3) is 22.6 Å². The Morgan fingerprint density at radius 3 is 2.89 bits per heavy atom. The Hall–Kier alpha value is -2.69. The summed E-state index contributed by atoms with van der Waals surface area (Å²) >= 11 is 0. The van der Waals surface area contributed by atoms with E-state index in [0.717, 1.165) is 0 Å². The smallest absolute Gasteiger partial charge is 0.227 e. The molecule has 2 aromatic carbocycles. The molecule has 0 aliphatic rings. The quantitative estimate of drug-likeness (QED) is 0.434. The van der Waals surface area contributed by atoms with Crippen LogP contribution >= 0.6 is 0 Å². The summed E-state index contributed by atoms with van der Waals surface area (Å²) in [5.74, 6) is 0.0143. The molecule has 94 valence electrons. The van der Waals surface area contributed by atoms with E-state index < -0.39 is 0 Å². The van der Waals surface area contributed by atoms with Crippen LogP contribution in [0.3, 0.4) is 0 Å². The van der Waals surface area contributed by atoms with Gasteiger partial charge in [0.05, 0.1) is 6.21 Å². The fraction of sp³-hybridized carbons (Fsp3) is 0. The molecule has 5 heteroatoms. The fourth-order valence-corrected chi connectivity index (χ4v) is 1.84. The summed E-state index contributed by atoms with van der Waals surface area (Å²) in [4.78, 5) is 4.29. The third kappa shape index (κ3) is 2.18. The Labute approximate surface area is 107 Å². The second-order valence-electron chi connectivity index (χ2n) is 4.00. The van der Waals surface area contributed by atoms with Crippen LogP contribution in [-0.4, -0.2) is 16.4 Å². The first-order valence-corrected chi connectivity index (χ1v) is 5.60. The van der Waals surface area contributed by atoms with Gasteiger partial charge in [-0.05, 0) is 42.0 Å². The second kappa shape index (κ2) is 4.53. The van der Waals surface area contributed by atoms with Crippen molar-refractivity contribution in [2.24, 2.45) is 5.16 Å². The fourth-order valence-electron chi connectivity index (χ4n) is 1.84. The first kappa shape index (κ1) is 11.4. The predicted octanol–water partition coefficient (Wildman–Crippen LogP) is 3.44. The van der Waals surface area contributed by atoms with Crippen LogP contribution in [0, 0.1) is 5.82 Å². The van der Waals surface area contributed by atoms with Gasteiger partial charge in [0.15, 0.2) is 5.58 Å². The highest BCUT2D eigenvalue weighted by Crippen LogP contribution is 2.25. The highest BCUT2D eigenvalue weighted by atomic mass is 19.1. The molecule has 19 heavy (non-hydrogen) atoms. The van der Waals surface area contributed by atoms with Crippen molar-refractivity contribution >= 4 is 17.3 Å². The minimum atomic E-state index is -0.340. The molecule has 1 N–H and O–H groups in total. The molecule has 3 aromatic rings. The van der Waals surface area contributed by atoms with Crippen molar-refractivity contribution in [3.8, 4) is 11.5 Å². The normalized spacial score (nSPS) is 11.4. The molecule has 0 atom stereocenters. The molecule has 0 unspecified atom stereocenters. The third-order valence-electron chi connectivity index (χ3n) is 2.69. The van der Waals surface area contributed by atoms with E-state index in [-0.39, 0.29) is 5.82 Å². The van der Waals surface area contributed by atoms with Crippen LogP contribution < -0.4 is 0 Å². The van der Waals surface area contributed by atoms with Gasteiger partial charge >= 0.3 is 0 Å². The van der Waals surface area contributed by atoms with Gasteiger partial charge in [0, 0.05) is 5.56 Å². The first-order chi connectivity index (χ1) is 9.26. The Morgan fingerprint density at radius 2 is 2.11 bits per heavy atom. The molecule has 0 saturated heterocycles. The average molecular weight is 256 g/mol. The molecule has 0 fully saturated rings. The standard InChI is InChI=1S/C14H9FN2O2/c15-11-3-1-2-10(7-11)14-17-12-6-9(8-16-18)4-5-13(12)19-14/h1-8,18H. The van der Waals surface area contributed by atoms with Gasteiger partial charge in [-0.3, -0.25) is 0 Å². The number of oxime groups is 1. The number of hydrogen-bond donors (Lipinski definition) is 1. The van der Waals surface area contributed by atoms with E-state index in [1.54, 1.807) is 30.3 Å². The van der Waals surface area contributed by atoms with E-state index in [4.69, 9.17) is 9.62 Å². The first-order valence-electron chi connectivity index (χ1n) is 5.60. The molecule has 0 saturated carbocycles. The molecule has 0 radical (unpaired) electrons. The number of halogens is 1. The zero-order valence-corrected chi connectivity index (χ0v) is 9.75. The third-order valence-corrected chi connectivity index (χ3v) is 2.69. The van der Waals surface area contributed by atoms with E-state index >= 15 is 0 Å². The maximum Gasteiger partial charge on any atom is 0.227 e. The van der Waals surface area contributed by atoms with Gasteiger partial charge in [0.1, 0.15) is 11.3 Å². The summed E-state index contributed by atoms with van der Waals surface area (Å²) in [7, 11) is 0. The monoisotopic (exact) mass is 256 g/mol. The van der Waals surface area contributed by atoms with Crippen molar-refractivity contribution in [3.05, 3.63) is 53.8 Å². The topological polar surface area (TPSA) is 58.6 Å². The highest BCUT2D eigenvalue weighted by Gasteiger charge is 2.09. The second-order valence-corrected chi connectivity index (χ2v) is 4.00. The minimum absolute atomic E-state index is 0.340. The number of nitrogens with zero attached hydrogens (tertiary/aromatic N) is 2. The van der Waals surface area contributed by atoms with E-state index in [1.165, 1.54) is 18.3 Å². The van der Waals surface area contributed by atoms with Gasteiger partial charge in [-0.15, -0.1) is 0 Å². The van der Waals surface area contributed by atoms with Gasteiger partial charge in [0.25, 0.3) is 0 Å². The molecule has 4 nitrogen and oxygen atoms in total. The van der Waals surface area contributed by atoms with E-state index in [0.29, 0.717) is 28.1 Å². The van der Waals surface area contributed by atoms with Crippen LogP contribution in [0.4, 0.5) is 4.39 Å². The van der Waals surface area contributed by atoms with Gasteiger partial charge < -0.3 is 9.62 Å². The van der Waals surface area contributed by atoms with E-state index in [1.807, 2.05) is 0 Å². The molecule has 0 aliphatic heterocycles. The zero-order valence-electron chi connectivity index (χ0n) is 9.75. The van der Waals surface area contributed by atoms with E-state index in [2.05, 4.69) is 10.1 Å². The van der Waals surface area contributed by atoms with Gasteiger partial charge in [-0.25, -0.2) is 9.37 Å². The lowest BCUT2D eigenvalue weighted by atomic mass is 10.2. The van der Waals surface area contributed by atoms with Crippen molar-refractivity contribution < 1.29 is 14.0 Å². The van der Waals surface area contributed by atoms with Crippen molar-refractivity contribution in [1.29, 1.82) is 0 Å². The van der Waals surface area contributed by atoms with E-state index in [9.17, 15) is 4.39 Å². The molecule has 0 spiro atoms. The van der Waals surface area contributed by atoms with Crippen LogP contribution in [0.5, 0.6) is 0 Å². The van der Waals surface area contributed by atoms with Crippen LogP contribution in [0.2, 0.25) is 0 Å². The predicted molar refractivity (Wildman–Crippen MR) is 68.8 cm³/mol. The van der Waals surface area contributed by atoms with Crippen LogP contribution in [-0.2, 0) is 0 Å². The van der Waals surface area contributed by atoms with Crippen molar-refractivity contribution in [2.75, 3.05) is 0 Å². The highest BCUT2D eigenvalue weighted by molar-refractivity contribution is 5.86. The summed E-state index contributed by atoms with van der Waals surface area (Å²) in [5.41, 5.74) is 2.49. The van der Waals surface area contributed by atoms with Crippen molar-refractivity contribution in [1.82, 2.24) is 4.98 Å². The van der Waals surface area contributed by atoms with Crippen LogP contribution in [0.15, 0.2) is 52.0 Å². The summed E-state index contributed by atoms with van der Waals surface area (Å²) in [6.07, 6.45) is 1.30. The van der Waals surface area contributed by atoms with Gasteiger partial charge in [0.2, 0.25) is 5.89 Å². The van der Waals surface area contributed by atoms with Crippen LogP contribution in [0.1, 0.15) is 5.56 Å². The number of benzene rings is 2. The number of rotatable bonds is 2. The number of hydrogen-bond acceptors (Lipinski definition) is 4. The summed E-state index contributed by atoms with van der Waals surface area (Å²) in [6, 6.07) is 11.2. The molecular formula is C14H9FN2O2. The maximum atomic E-state index is 13.2. The lowest BCUT2D eigenvalue weighted by Crippen LogP contribution is -1.80. The SMILES string of the molecule is ON=Cc1ccc2oc(-c3cccc(F)c3)nc2c1. The minimum Gasteiger partial charge on any atom is -0.436 e. The molecule has 0 amide bonds. The molecule has 0 bridgehead atoms. The Morgan fingerprint density at radius 1 is 1.21 bits per heavy atom. The number of aromatic nitrogens is 1. The average Bonchev–Trinajstić information content (AvgIpc) is 2.82. The summed E-state index contributed by atoms with van der Waals surface area (Å²) in [6.45, 7) is 0. The number of oxazole rings is 1. The Kier molecular flexibility index (Phi) is 2.72. The summed E-state index contributed by atoms with van der Waals surface area (Å²) < 4.78 is 18.7. The Bertz CT molecular complexity index is 765. The molecule has 0 aliphatic carbocycles. The molecule has 3 rings (SSSR count). The zero-order chi connectivity index (χ0) is 13.2. The molecule has 1 heterocycles. The maximum absolute atomic E-state index is 13.2. The van der Waals surface area contributed by atoms with Crippen molar-refractivity contribution in [3.63, 3.8) is 0 Å². The van der Waals surface area contributed by atoms with Gasteiger partial charge in [-0.2, -0.15) is 0 Å². The van der Waals surface area contributed by atoms with Gasteiger partial charge in [-0.1, -0.05) is 11.2 Å². The Balaban J connectivity index is 2.11. The molecule has 1 aromatic heterocycles. The molecular weight excluding hydrogens is 247 g/mol. The summed E-state index contributed by atoms with van der Waals surface area (Å²) in [5, 5.41) is 11.4. The lowest BCUT2D eigenvalue weighted by Gasteiger charge is -1.93. The largest absolute Gasteiger partial charge is 0.436 e. The van der Waals surface area contributed by atoms with Crippen molar-refractivity contribution in [2.45, 2.75) is 0 Å².